The first kappa shape index (κ1) is 12.8. The summed E-state index contributed by atoms with van der Waals surface area (Å²) >= 11 is 0. The molecule has 0 aromatic rings. The van der Waals surface area contributed by atoms with Crippen molar-refractivity contribution in [2.75, 3.05) is 0 Å². The minimum atomic E-state index is 0.0566. The predicted octanol–water partition coefficient (Wildman–Crippen LogP) is 4.98. The van der Waals surface area contributed by atoms with Gasteiger partial charge in [-0.15, -0.1) is 0 Å². The van der Waals surface area contributed by atoms with Crippen molar-refractivity contribution in [3.63, 3.8) is 0 Å². The quantitative estimate of drug-likeness (QED) is 0.621. The zero-order valence-corrected chi connectivity index (χ0v) is 10.9. The van der Waals surface area contributed by atoms with Crippen molar-refractivity contribution < 1.29 is 0 Å². The summed E-state index contributed by atoms with van der Waals surface area (Å²) in [5, 5.41) is 0. The molecule has 0 N–H and O–H groups in total. The second kappa shape index (κ2) is 4.69. The molecule has 1 aliphatic rings. The molecule has 86 valence electrons. The molecule has 0 saturated carbocycles. The Morgan fingerprint density at radius 2 is 1.81 bits per heavy atom. The van der Waals surface area contributed by atoms with Gasteiger partial charge in [0.2, 0.25) is 0 Å². The summed E-state index contributed by atoms with van der Waals surface area (Å²) in [6.45, 7) is 16.6. The maximum absolute atomic E-state index is 3.94. The Morgan fingerprint density at radius 3 is 2.19 bits per heavy atom. The van der Waals surface area contributed by atoms with Gasteiger partial charge in [0, 0.05) is 5.41 Å². The number of rotatable bonds is 3. The standard InChI is InChI=1S/C16H22/c1-7-11-13-12(8-2)14(9-3)16(5,6)15(13)10-4/h8-11H,2-3,7H2,1,4-6H3/b13-11-,15-10+. The molecule has 0 amide bonds. The van der Waals surface area contributed by atoms with E-state index in [9.17, 15) is 0 Å². The van der Waals surface area contributed by atoms with Gasteiger partial charge in [-0.3, -0.25) is 0 Å². The van der Waals surface area contributed by atoms with Gasteiger partial charge in [0.05, 0.1) is 0 Å². The number of allylic oxidation sites excluding steroid dienone is 8. The fourth-order valence-corrected chi connectivity index (χ4v) is 2.63. The van der Waals surface area contributed by atoms with Crippen LogP contribution in [0.4, 0.5) is 0 Å². The van der Waals surface area contributed by atoms with Crippen LogP contribution in [0.15, 0.2) is 59.8 Å². The van der Waals surface area contributed by atoms with Crippen molar-refractivity contribution in [3.05, 3.63) is 59.8 Å². The second-order valence-electron chi connectivity index (χ2n) is 4.59. The molecule has 0 bridgehead atoms. The Hall–Kier alpha value is -1.30. The third-order valence-electron chi connectivity index (χ3n) is 3.32. The van der Waals surface area contributed by atoms with Gasteiger partial charge < -0.3 is 0 Å². The molecule has 0 spiro atoms. The van der Waals surface area contributed by atoms with Crippen LogP contribution in [0.5, 0.6) is 0 Å². The summed E-state index contributed by atoms with van der Waals surface area (Å²) in [6.07, 6.45) is 9.46. The highest BCUT2D eigenvalue weighted by Gasteiger charge is 2.36. The maximum Gasteiger partial charge on any atom is 0.0155 e. The molecule has 0 aromatic carbocycles. The van der Waals surface area contributed by atoms with Gasteiger partial charge in [-0.1, -0.05) is 58.2 Å². The van der Waals surface area contributed by atoms with Gasteiger partial charge in [-0.2, -0.15) is 0 Å². The van der Waals surface area contributed by atoms with E-state index in [0.717, 1.165) is 6.42 Å². The molecule has 0 radical (unpaired) electrons. The Balaban J connectivity index is 3.52. The largest absolute Gasteiger partial charge is 0.0987 e. The van der Waals surface area contributed by atoms with Crippen LogP contribution in [-0.4, -0.2) is 0 Å². The topological polar surface area (TPSA) is 0 Å². The van der Waals surface area contributed by atoms with E-state index in [4.69, 9.17) is 0 Å². The van der Waals surface area contributed by atoms with Crippen LogP contribution in [0.2, 0.25) is 0 Å². The van der Waals surface area contributed by atoms with E-state index in [0.29, 0.717) is 0 Å². The van der Waals surface area contributed by atoms with Gasteiger partial charge in [0.1, 0.15) is 0 Å². The molecule has 0 aliphatic heterocycles. The first-order valence-electron chi connectivity index (χ1n) is 5.91. The zero-order chi connectivity index (χ0) is 12.3. The molecule has 1 rings (SSSR count). The van der Waals surface area contributed by atoms with Crippen molar-refractivity contribution in [3.8, 4) is 0 Å². The Labute approximate surface area is 99.8 Å². The maximum atomic E-state index is 3.94. The Kier molecular flexibility index (Phi) is 3.74. The molecule has 0 nitrogen and oxygen atoms in total. The van der Waals surface area contributed by atoms with Gasteiger partial charge in [-0.05, 0) is 35.6 Å². The summed E-state index contributed by atoms with van der Waals surface area (Å²) in [6, 6.07) is 0. The van der Waals surface area contributed by atoms with Crippen molar-refractivity contribution in [1.82, 2.24) is 0 Å². The first-order valence-corrected chi connectivity index (χ1v) is 5.91. The Morgan fingerprint density at radius 1 is 1.19 bits per heavy atom. The lowest BCUT2D eigenvalue weighted by Gasteiger charge is -2.23. The molecular weight excluding hydrogens is 192 g/mol. The molecule has 0 aromatic heterocycles. The van der Waals surface area contributed by atoms with Gasteiger partial charge in [0.15, 0.2) is 0 Å². The second-order valence-corrected chi connectivity index (χ2v) is 4.59. The van der Waals surface area contributed by atoms with Crippen LogP contribution in [0.25, 0.3) is 0 Å². The van der Waals surface area contributed by atoms with Crippen LogP contribution < -0.4 is 0 Å². The van der Waals surface area contributed by atoms with E-state index in [1.165, 1.54) is 22.3 Å². The molecule has 0 saturated heterocycles. The number of hydrogen-bond donors (Lipinski definition) is 0. The van der Waals surface area contributed by atoms with Crippen LogP contribution in [0.1, 0.15) is 34.1 Å². The Bertz CT molecular complexity index is 398. The molecule has 0 fully saturated rings. The van der Waals surface area contributed by atoms with E-state index < -0.39 is 0 Å². The highest BCUT2D eigenvalue weighted by Crippen LogP contribution is 2.50. The fraction of sp³-hybridized carbons (Fsp3) is 0.375. The van der Waals surface area contributed by atoms with E-state index >= 15 is 0 Å². The summed E-state index contributed by atoms with van der Waals surface area (Å²) in [5.41, 5.74) is 5.31. The summed E-state index contributed by atoms with van der Waals surface area (Å²) in [5.74, 6) is 0. The highest BCUT2D eigenvalue weighted by atomic mass is 14.4. The zero-order valence-electron chi connectivity index (χ0n) is 10.9. The van der Waals surface area contributed by atoms with Gasteiger partial charge in [0.25, 0.3) is 0 Å². The van der Waals surface area contributed by atoms with Crippen LogP contribution >= 0.6 is 0 Å². The van der Waals surface area contributed by atoms with Crippen molar-refractivity contribution >= 4 is 0 Å². The molecule has 0 heteroatoms. The smallest absolute Gasteiger partial charge is 0.0155 e. The SMILES string of the molecule is C=CC1=C(C=C)C(C)(C)C(=C/C)/C1=C\CC. The molecule has 0 heterocycles. The van der Waals surface area contributed by atoms with E-state index in [2.05, 4.69) is 53.0 Å². The first-order chi connectivity index (χ1) is 7.54. The number of hydrogen-bond acceptors (Lipinski definition) is 0. The molecule has 0 atom stereocenters. The average Bonchev–Trinajstić information content (AvgIpc) is 2.45. The molecule has 0 unspecified atom stereocenters. The van der Waals surface area contributed by atoms with Crippen molar-refractivity contribution in [2.45, 2.75) is 34.1 Å². The third-order valence-corrected chi connectivity index (χ3v) is 3.32. The summed E-state index contributed by atoms with van der Waals surface area (Å²) in [7, 11) is 0. The van der Waals surface area contributed by atoms with E-state index in [1.807, 2.05) is 12.2 Å². The molecule has 16 heavy (non-hydrogen) atoms. The highest BCUT2D eigenvalue weighted by molar-refractivity contribution is 5.67. The van der Waals surface area contributed by atoms with Crippen LogP contribution in [0.3, 0.4) is 0 Å². The monoisotopic (exact) mass is 214 g/mol. The minimum absolute atomic E-state index is 0.0566. The van der Waals surface area contributed by atoms with Crippen LogP contribution in [0, 0.1) is 5.41 Å². The van der Waals surface area contributed by atoms with Gasteiger partial charge in [-0.25, -0.2) is 0 Å². The molecular formula is C16H22. The lowest BCUT2D eigenvalue weighted by molar-refractivity contribution is 0.577. The summed E-state index contributed by atoms with van der Waals surface area (Å²) in [4.78, 5) is 0. The normalized spacial score (nSPS) is 24.2. The van der Waals surface area contributed by atoms with E-state index in [1.54, 1.807) is 0 Å². The van der Waals surface area contributed by atoms with Gasteiger partial charge >= 0.3 is 0 Å². The minimum Gasteiger partial charge on any atom is -0.0987 e. The van der Waals surface area contributed by atoms with Crippen molar-refractivity contribution in [2.24, 2.45) is 5.41 Å². The van der Waals surface area contributed by atoms with Crippen molar-refractivity contribution in [1.29, 1.82) is 0 Å². The van der Waals surface area contributed by atoms with Crippen LogP contribution in [-0.2, 0) is 0 Å². The molecule has 1 aliphatic carbocycles. The lowest BCUT2D eigenvalue weighted by Crippen LogP contribution is -2.12. The fourth-order valence-electron chi connectivity index (χ4n) is 2.63. The summed E-state index contributed by atoms with van der Waals surface area (Å²) < 4.78 is 0. The lowest BCUT2D eigenvalue weighted by atomic mass is 9.80. The predicted molar refractivity (Wildman–Crippen MR) is 73.3 cm³/mol. The van der Waals surface area contributed by atoms with E-state index in [-0.39, 0.29) is 5.41 Å². The third kappa shape index (κ3) is 1.73. The average molecular weight is 214 g/mol.